The molecule has 0 N–H and O–H groups in total. The summed E-state index contributed by atoms with van der Waals surface area (Å²) >= 11 is 0. The van der Waals surface area contributed by atoms with Crippen LogP contribution in [0.4, 0.5) is 0 Å². The predicted molar refractivity (Wildman–Crippen MR) is 72.4 cm³/mol. The SMILES string of the molecule is CCC1OC1C(C)Cc1ccc(C(C)C)cc1. The van der Waals surface area contributed by atoms with Crippen LogP contribution in [0, 0.1) is 5.92 Å². The highest BCUT2D eigenvalue weighted by atomic mass is 16.6. The molecule has 2 rings (SSSR count). The molecular formula is C16H24O. The van der Waals surface area contributed by atoms with Crippen LogP contribution in [0.15, 0.2) is 24.3 Å². The minimum atomic E-state index is 0.504. The van der Waals surface area contributed by atoms with Gasteiger partial charge in [0.25, 0.3) is 0 Å². The third-order valence-corrected chi connectivity index (χ3v) is 3.79. The number of benzene rings is 1. The molecule has 0 aromatic heterocycles. The molecule has 0 aliphatic carbocycles. The van der Waals surface area contributed by atoms with E-state index in [2.05, 4.69) is 52.0 Å². The number of rotatable bonds is 5. The summed E-state index contributed by atoms with van der Waals surface area (Å²) in [4.78, 5) is 0. The van der Waals surface area contributed by atoms with Gasteiger partial charge in [0, 0.05) is 0 Å². The number of epoxide rings is 1. The van der Waals surface area contributed by atoms with Gasteiger partial charge in [-0.1, -0.05) is 52.0 Å². The zero-order valence-corrected chi connectivity index (χ0v) is 11.4. The lowest BCUT2D eigenvalue weighted by molar-refractivity contribution is 0.322. The molecular weight excluding hydrogens is 208 g/mol. The van der Waals surface area contributed by atoms with Crippen molar-refractivity contribution in [1.29, 1.82) is 0 Å². The third-order valence-electron chi connectivity index (χ3n) is 3.79. The average Bonchev–Trinajstić information content (AvgIpc) is 3.09. The minimum Gasteiger partial charge on any atom is -0.369 e. The van der Waals surface area contributed by atoms with Gasteiger partial charge in [-0.2, -0.15) is 0 Å². The van der Waals surface area contributed by atoms with Gasteiger partial charge in [-0.15, -0.1) is 0 Å². The van der Waals surface area contributed by atoms with Gasteiger partial charge >= 0.3 is 0 Å². The summed E-state index contributed by atoms with van der Waals surface area (Å²) in [7, 11) is 0. The molecule has 1 heteroatoms. The van der Waals surface area contributed by atoms with E-state index in [1.54, 1.807) is 0 Å². The Morgan fingerprint density at radius 2 is 1.76 bits per heavy atom. The van der Waals surface area contributed by atoms with Gasteiger partial charge in [0.2, 0.25) is 0 Å². The Morgan fingerprint density at radius 1 is 1.12 bits per heavy atom. The molecule has 0 saturated carbocycles. The second-order valence-corrected chi connectivity index (χ2v) is 5.63. The van der Waals surface area contributed by atoms with Crippen molar-refractivity contribution < 1.29 is 4.74 Å². The Hall–Kier alpha value is -0.820. The highest BCUT2D eigenvalue weighted by Gasteiger charge is 2.40. The topological polar surface area (TPSA) is 12.5 Å². The van der Waals surface area contributed by atoms with E-state index >= 15 is 0 Å². The summed E-state index contributed by atoms with van der Waals surface area (Å²) in [6.45, 7) is 8.98. The molecule has 17 heavy (non-hydrogen) atoms. The van der Waals surface area contributed by atoms with Crippen molar-refractivity contribution in [2.75, 3.05) is 0 Å². The van der Waals surface area contributed by atoms with Crippen LogP contribution < -0.4 is 0 Å². The van der Waals surface area contributed by atoms with Crippen molar-refractivity contribution in [2.45, 2.75) is 58.7 Å². The van der Waals surface area contributed by atoms with Crippen LogP contribution in [0.5, 0.6) is 0 Å². The quantitative estimate of drug-likeness (QED) is 0.694. The van der Waals surface area contributed by atoms with Gasteiger partial charge in [-0.05, 0) is 35.8 Å². The summed E-state index contributed by atoms with van der Waals surface area (Å²) in [6.07, 6.45) is 3.32. The zero-order chi connectivity index (χ0) is 12.4. The van der Waals surface area contributed by atoms with E-state index in [0.717, 1.165) is 12.8 Å². The zero-order valence-electron chi connectivity index (χ0n) is 11.4. The number of hydrogen-bond donors (Lipinski definition) is 0. The lowest BCUT2D eigenvalue weighted by Crippen LogP contribution is -2.09. The predicted octanol–water partition coefficient (Wildman–Crippen LogP) is 4.17. The van der Waals surface area contributed by atoms with Crippen LogP contribution in [-0.4, -0.2) is 12.2 Å². The maximum Gasteiger partial charge on any atom is 0.0870 e. The van der Waals surface area contributed by atoms with E-state index in [1.165, 1.54) is 11.1 Å². The van der Waals surface area contributed by atoms with Crippen LogP contribution in [0.1, 0.15) is 51.2 Å². The molecule has 1 aliphatic heterocycles. The van der Waals surface area contributed by atoms with Crippen molar-refractivity contribution in [1.82, 2.24) is 0 Å². The molecule has 1 aromatic carbocycles. The van der Waals surface area contributed by atoms with Crippen LogP contribution in [0.25, 0.3) is 0 Å². The summed E-state index contributed by atoms with van der Waals surface area (Å²) in [5.74, 6) is 1.27. The van der Waals surface area contributed by atoms with Crippen molar-refractivity contribution in [3.8, 4) is 0 Å². The molecule has 0 spiro atoms. The molecule has 1 heterocycles. The van der Waals surface area contributed by atoms with Gasteiger partial charge in [0.1, 0.15) is 0 Å². The Labute approximate surface area is 105 Å². The first kappa shape index (κ1) is 12.6. The molecule has 0 bridgehead atoms. The molecule has 3 atom stereocenters. The normalized spacial score (nSPS) is 25.0. The van der Waals surface area contributed by atoms with Gasteiger partial charge in [0.15, 0.2) is 0 Å². The largest absolute Gasteiger partial charge is 0.369 e. The molecule has 94 valence electrons. The molecule has 0 amide bonds. The van der Waals surface area contributed by atoms with E-state index in [-0.39, 0.29) is 0 Å². The van der Waals surface area contributed by atoms with Crippen LogP contribution in [0.3, 0.4) is 0 Å². The lowest BCUT2D eigenvalue weighted by atomic mass is 9.94. The van der Waals surface area contributed by atoms with E-state index < -0.39 is 0 Å². The first-order chi connectivity index (χ1) is 8.11. The van der Waals surface area contributed by atoms with Crippen molar-refractivity contribution in [2.24, 2.45) is 5.92 Å². The van der Waals surface area contributed by atoms with Gasteiger partial charge in [-0.3, -0.25) is 0 Å². The molecule has 0 radical (unpaired) electrons. The third kappa shape index (κ3) is 3.10. The van der Waals surface area contributed by atoms with Crippen molar-refractivity contribution >= 4 is 0 Å². The standard InChI is InChI=1S/C16H24O/c1-5-15-16(17-15)12(4)10-13-6-8-14(9-7-13)11(2)3/h6-9,11-12,15-16H,5,10H2,1-4H3. The first-order valence-corrected chi connectivity index (χ1v) is 6.86. The minimum absolute atomic E-state index is 0.504. The monoisotopic (exact) mass is 232 g/mol. The van der Waals surface area contributed by atoms with Crippen molar-refractivity contribution in [3.05, 3.63) is 35.4 Å². The first-order valence-electron chi connectivity index (χ1n) is 6.86. The van der Waals surface area contributed by atoms with E-state index in [4.69, 9.17) is 4.74 Å². The van der Waals surface area contributed by atoms with Gasteiger partial charge in [0.05, 0.1) is 12.2 Å². The molecule has 1 aromatic rings. The maximum absolute atomic E-state index is 5.66. The molecule has 1 nitrogen and oxygen atoms in total. The van der Waals surface area contributed by atoms with Crippen molar-refractivity contribution in [3.63, 3.8) is 0 Å². The van der Waals surface area contributed by atoms with E-state index in [9.17, 15) is 0 Å². The fraction of sp³-hybridized carbons (Fsp3) is 0.625. The Balaban J connectivity index is 1.90. The number of ether oxygens (including phenoxy) is 1. The van der Waals surface area contributed by atoms with Gasteiger partial charge < -0.3 is 4.74 Å². The Bertz CT molecular complexity index is 352. The van der Waals surface area contributed by atoms with E-state index in [0.29, 0.717) is 24.0 Å². The smallest absolute Gasteiger partial charge is 0.0870 e. The Kier molecular flexibility index (Phi) is 3.88. The fourth-order valence-corrected chi connectivity index (χ4v) is 2.51. The fourth-order valence-electron chi connectivity index (χ4n) is 2.51. The van der Waals surface area contributed by atoms with Crippen LogP contribution in [-0.2, 0) is 11.2 Å². The summed E-state index contributed by atoms with van der Waals surface area (Å²) in [6, 6.07) is 9.07. The molecule has 3 unspecified atom stereocenters. The average molecular weight is 232 g/mol. The number of hydrogen-bond acceptors (Lipinski definition) is 1. The van der Waals surface area contributed by atoms with E-state index in [1.807, 2.05) is 0 Å². The summed E-state index contributed by atoms with van der Waals surface area (Å²) < 4.78 is 5.66. The van der Waals surface area contributed by atoms with Crippen LogP contribution >= 0.6 is 0 Å². The maximum atomic E-state index is 5.66. The van der Waals surface area contributed by atoms with Crippen LogP contribution in [0.2, 0.25) is 0 Å². The second kappa shape index (κ2) is 5.22. The van der Waals surface area contributed by atoms with Gasteiger partial charge in [-0.25, -0.2) is 0 Å². The molecule has 1 saturated heterocycles. The highest BCUT2D eigenvalue weighted by Crippen LogP contribution is 2.33. The second-order valence-electron chi connectivity index (χ2n) is 5.63. The molecule has 1 aliphatic rings. The summed E-state index contributed by atoms with van der Waals surface area (Å²) in [5.41, 5.74) is 2.86. The highest BCUT2D eigenvalue weighted by molar-refractivity contribution is 5.25. The molecule has 1 fully saturated rings. The Morgan fingerprint density at radius 3 is 2.24 bits per heavy atom. The lowest BCUT2D eigenvalue weighted by Gasteiger charge is -2.10. The summed E-state index contributed by atoms with van der Waals surface area (Å²) in [5, 5.41) is 0.